The Morgan fingerprint density at radius 2 is 1.77 bits per heavy atom. The minimum Gasteiger partial charge on any atom is -0.507 e. The van der Waals surface area contributed by atoms with Crippen molar-refractivity contribution >= 4 is 46.1 Å². The summed E-state index contributed by atoms with van der Waals surface area (Å²) in [5.74, 6) is -1.54. The molecule has 0 bridgehead atoms. The number of thiophene rings is 1. The number of carbonyl (C=O) groups is 2. The molecule has 2 aromatic carbocycles. The number of halogens is 1. The summed E-state index contributed by atoms with van der Waals surface area (Å²) >= 11 is 7.64. The Hall–Kier alpha value is -2.89. The Morgan fingerprint density at radius 3 is 2.47 bits per heavy atom. The fraction of sp³-hybridized carbons (Fsp3) is 0.167. The first kappa shape index (κ1) is 20.4. The van der Waals surface area contributed by atoms with Gasteiger partial charge < -0.3 is 5.11 Å². The van der Waals surface area contributed by atoms with Crippen molar-refractivity contribution in [3.05, 3.63) is 91.6 Å². The molecular formula is C24H20ClNO3S. The van der Waals surface area contributed by atoms with Gasteiger partial charge in [0.1, 0.15) is 11.8 Å². The van der Waals surface area contributed by atoms with Crippen LogP contribution < -0.4 is 4.90 Å². The van der Waals surface area contributed by atoms with Crippen molar-refractivity contribution in [1.29, 1.82) is 0 Å². The number of Topliss-reactive ketones (excluding diaryl/α,β-unsaturated/α-hetero) is 1. The first-order valence-corrected chi connectivity index (χ1v) is 10.7. The van der Waals surface area contributed by atoms with Crippen LogP contribution in [0.1, 0.15) is 33.2 Å². The van der Waals surface area contributed by atoms with Crippen molar-refractivity contribution in [2.75, 3.05) is 4.90 Å². The molecule has 1 fully saturated rings. The molecule has 0 radical (unpaired) electrons. The first-order chi connectivity index (χ1) is 14.3. The van der Waals surface area contributed by atoms with E-state index in [1.54, 1.807) is 12.1 Å². The van der Waals surface area contributed by atoms with Crippen LogP contribution in [0.2, 0.25) is 5.02 Å². The van der Waals surface area contributed by atoms with Crippen LogP contribution in [0.5, 0.6) is 0 Å². The van der Waals surface area contributed by atoms with Gasteiger partial charge in [-0.15, -0.1) is 11.3 Å². The third-order valence-electron chi connectivity index (χ3n) is 5.34. The predicted octanol–water partition coefficient (Wildman–Crippen LogP) is 5.95. The van der Waals surface area contributed by atoms with E-state index in [0.717, 1.165) is 21.6 Å². The molecule has 1 atom stereocenters. The standard InChI is InChI=1S/C24H20ClNO3S/c1-13-6-7-14(2)17(11-13)22(27)20-21(19-5-4-10-30-19)26(24(29)23(20)28)18-12-16(25)9-8-15(18)3/h4-12,21,27H,1-3H3/b22-20-. The van der Waals surface area contributed by atoms with Gasteiger partial charge in [-0.05, 0) is 61.5 Å². The van der Waals surface area contributed by atoms with Gasteiger partial charge in [0.15, 0.2) is 0 Å². The second kappa shape index (κ2) is 7.74. The van der Waals surface area contributed by atoms with E-state index in [1.165, 1.54) is 16.2 Å². The van der Waals surface area contributed by atoms with Crippen molar-refractivity contribution < 1.29 is 14.7 Å². The number of amides is 1. The van der Waals surface area contributed by atoms with Gasteiger partial charge in [-0.25, -0.2) is 0 Å². The van der Waals surface area contributed by atoms with Gasteiger partial charge in [0.25, 0.3) is 11.7 Å². The number of benzene rings is 2. The van der Waals surface area contributed by atoms with E-state index in [9.17, 15) is 14.7 Å². The van der Waals surface area contributed by atoms with Crippen LogP contribution >= 0.6 is 22.9 Å². The van der Waals surface area contributed by atoms with E-state index in [-0.39, 0.29) is 11.3 Å². The van der Waals surface area contributed by atoms with Crippen molar-refractivity contribution in [3.63, 3.8) is 0 Å². The van der Waals surface area contributed by atoms with E-state index >= 15 is 0 Å². The van der Waals surface area contributed by atoms with Crippen LogP contribution in [-0.4, -0.2) is 16.8 Å². The lowest BCUT2D eigenvalue weighted by Gasteiger charge is -2.26. The normalized spacial score (nSPS) is 18.3. The first-order valence-electron chi connectivity index (χ1n) is 9.47. The fourth-order valence-corrected chi connectivity index (χ4v) is 4.77. The number of aliphatic hydroxyl groups excluding tert-OH is 1. The molecule has 1 N–H and O–H groups in total. The third kappa shape index (κ3) is 3.34. The third-order valence-corrected chi connectivity index (χ3v) is 6.50. The van der Waals surface area contributed by atoms with Crippen molar-refractivity contribution in [2.45, 2.75) is 26.8 Å². The molecular weight excluding hydrogens is 418 g/mol. The highest BCUT2D eigenvalue weighted by atomic mass is 35.5. The summed E-state index contributed by atoms with van der Waals surface area (Å²) in [5.41, 5.74) is 3.80. The Labute approximate surface area is 184 Å². The molecule has 1 aromatic heterocycles. The number of anilines is 1. The van der Waals surface area contributed by atoms with Gasteiger partial charge in [-0.3, -0.25) is 14.5 Å². The fourth-order valence-electron chi connectivity index (χ4n) is 3.78. The number of carbonyl (C=O) groups excluding carboxylic acids is 2. The van der Waals surface area contributed by atoms with Crippen LogP contribution in [0, 0.1) is 20.8 Å². The number of aliphatic hydroxyl groups is 1. The Morgan fingerprint density at radius 1 is 1.03 bits per heavy atom. The number of aryl methyl sites for hydroxylation is 3. The van der Waals surface area contributed by atoms with Crippen LogP contribution in [0.3, 0.4) is 0 Å². The van der Waals surface area contributed by atoms with Crippen molar-refractivity contribution in [2.24, 2.45) is 0 Å². The molecule has 4 rings (SSSR count). The molecule has 1 unspecified atom stereocenters. The van der Waals surface area contributed by atoms with E-state index < -0.39 is 17.7 Å². The highest BCUT2D eigenvalue weighted by molar-refractivity contribution is 7.10. The molecule has 4 nitrogen and oxygen atoms in total. The summed E-state index contributed by atoms with van der Waals surface area (Å²) in [5, 5.41) is 13.6. The zero-order valence-electron chi connectivity index (χ0n) is 16.8. The largest absolute Gasteiger partial charge is 0.507 e. The van der Waals surface area contributed by atoms with Gasteiger partial charge in [-0.2, -0.15) is 0 Å². The molecule has 1 aliphatic heterocycles. The highest BCUT2D eigenvalue weighted by Crippen LogP contribution is 2.45. The van der Waals surface area contributed by atoms with E-state index in [1.807, 2.05) is 62.5 Å². The molecule has 2 heterocycles. The summed E-state index contributed by atoms with van der Waals surface area (Å²) < 4.78 is 0. The lowest BCUT2D eigenvalue weighted by atomic mass is 9.96. The average molecular weight is 438 g/mol. The topological polar surface area (TPSA) is 57.6 Å². The van der Waals surface area contributed by atoms with E-state index in [2.05, 4.69) is 0 Å². The monoisotopic (exact) mass is 437 g/mol. The lowest BCUT2D eigenvalue weighted by Crippen LogP contribution is -2.29. The SMILES string of the molecule is Cc1ccc(C)c(/C(O)=C2/C(=O)C(=O)N(c3cc(Cl)ccc3C)C2c2cccs2)c1. The minimum absolute atomic E-state index is 0.0931. The molecule has 0 saturated carbocycles. The molecule has 152 valence electrons. The molecule has 6 heteroatoms. The number of hydrogen-bond acceptors (Lipinski definition) is 4. The Kier molecular flexibility index (Phi) is 5.26. The summed E-state index contributed by atoms with van der Waals surface area (Å²) in [4.78, 5) is 28.6. The number of ketones is 1. The van der Waals surface area contributed by atoms with Crippen LogP contribution in [0.25, 0.3) is 5.76 Å². The molecule has 1 saturated heterocycles. The zero-order chi connectivity index (χ0) is 21.6. The maximum Gasteiger partial charge on any atom is 0.300 e. The maximum absolute atomic E-state index is 13.2. The summed E-state index contributed by atoms with van der Waals surface area (Å²) in [7, 11) is 0. The summed E-state index contributed by atoms with van der Waals surface area (Å²) in [6, 6.07) is 13.9. The Bertz CT molecular complexity index is 1200. The van der Waals surface area contributed by atoms with Crippen molar-refractivity contribution in [3.8, 4) is 0 Å². The number of hydrogen-bond donors (Lipinski definition) is 1. The van der Waals surface area contributed by atoms with Gasteiger partial charge in [0.05, 0.1) is 5.57 Å². The summed E-state index contributed by atoms with van der Waals surface area (Å²) in [6.07, 6.45) is 0. The van der Waals surface area contributed by atoms with Gasteiger partial charge in [-0.1, -0.05) is 41.4 Å². The second-order valence-electron chi connectivity index (χ2n) is 7.43. The molecule has 1 amide bonds. The molecule has 0 spiro atoms. The van der Waals surface area contributed by atoms with Gasteiger partial charge in [0.2, 0.25) is 0 Å². The molecule has 30 heavy (non-hydrogen) atoms. The van der Waals surface area contributed by atoms with Gasteiger partial charge in [0, 0.05) is 21.2 Å². The van der Waals surface area contributed by atoms with E-state index in [0.29, 0.717) is 16.3 Å². The number of nitrogens with zero attached hydrogens (tertiary/aromatic N) is 1. The lowest BCUT2D eigenvalue weighted by molar-refractivity contribution is -0.132. The smallest absolute Gasteiger partial charge is 0.300 e. The average Bonchev–Trinajstić information content (AvgIpc) is 3.33. The maximum atomic E-state index is 13.2. The van der Waals surface area contributed by atoms with E-state index in [4.69, 9.17) is 11.6 Å². The minimum atomic E-state index is -0.720. The molecule has 3 aromatic rings. The van der Waals surface area contributed by atoms with Crippen LogP contribution in [0.15, 0.2) is 59.5 Å². The highest BCUT2D eigenvalue weighted by Gasteiger charge is 2.47. The summed E-state index contributed by atoms with van der Waals surface area (Å²) in [6.45, 7) is 5.65. The predicted molar refractivity (Wildman–Crippen MR) is 121 cm³/mol. The molecule has 1 aliphatic rings. The van der Waals surface area contributed by atoms with Gasteiger partial charge >= 0.3 is 0 Å². The number of rotatable bonds is 3. The molecule has 0 aliphatic carbocycles. The van der Waals surface area contributed by atoms with Crippen molar-refractivity contribution in [1.82, 2.24) is 0 Å². The van der Waals surface area contributed by atoms with Crippen LogP contribution in [-0.2, 0) is 9.59 Å². The Balaban J connectivity index is 1.99. The second-order valence-corrected chi connectivity index (χ2v) is 8.85. The quantitative estimate of drug-likeness (QED) is 0.313. The van der Waals surface area contributed by atoms with Crippen LogP contribution in [0.4, 0.5) is 5.69 Å². The zero-order valence-corrected chi connectivity index (χ0v) is 18.3.